The second-order valence-electron chi connectivity index (χ2n) is 7.32. The summed E-state index contributed by atoms with van der Waals surface area (Å²) >= 11 is 0. The van der Waals surface area contributed by atoms with Gasteiger partial charge in [-0.1, -0.05) is 19.8 Å². The molecule has 9 heteroatoms. The highest BCUT2D eigenvalue weighted by atomic mass is 32.2. The first-order valence-electron chi connectivity index (χ1n) is 8.74. The zero-order chi connectivity index (χ0) is 19.5. The molecule has 2 atom stereocenters. The fourth-order valence-electron chi connectivity index (χ4n) is 3.71. The Morgan fingerprint density at radius 3 is 2.62 bits per heavy atom. The van der Waals surface area contributed by atoms with E-state index in [1.165, 1.54) is 25.6 Å². The van der Waals surface area contributed by atoms with Crippen molar-refractivity contribution in [3.05, 3.63) is 28.3 Å². The van der Waals surface area contributed by atoms with Gasteiger partial charge in [-0.15, -0.1) is 0 Å². The van der Waals surface area contributed by atoms with E-state index >= 15 is 0 Å². The van der Waals surface area contributed by atoms with Crippen molar-refractivity contribution in [2.75, 3.05) is 33.0 Å². The predicted octanol–water partition coefficient (Wildman–Crippen LogP) is 2.43. The van der Waals surface area contributed by atoms with Gasteiger partial charge in [-0.05, 0) is 52.0 Å². The normalized spacial score (nSPS) is 23.8. The topological polar surface area (TPSA) is 105 Å². The van der Waals surface area contributed by atoms with Crippen LogP contribution in [0.5, 0.6) is 0 Å². The fraction of sp³-hybridized carbons (Fsp3) is 0.647. The molecular weight excluding hydrogens is 356 g/mol. The summed E-state index contributed by atoms with van der Waals surface area (Å²) in [6, 6.07) is 3.95. The molecule has 0 aliphatic heterocycles. The Morgan fingerprint density at radius 2 is 2.08 bits per heavy atom. The number of sulfonamides is 1. The quantitative estimate of drug-likeness (QED) is 0.553. The average molecular weight is 385 g/mol. The van der Waals surface area contributed by atoms with Gasteiger partial charge < -0.3 is 10.2 Å². The van der Waals surface area contributed by atoms with Gasteiger partial charge in [0.1, 0.15) is 5.69 Å². The first-order chi connectivity index (χ1) is 12.1. The molecule has 0 spiro atoms. The molecule has 0 radical (unpaired) electrons. The summed E-state index contributed by atoms with van der Waals surface area (Å²) in [6.07, 6.45) is 4.37. The Bertz CT molecular complexity index is 766. The molecule has 0 bridgehead atoms. The van der Waals surface area contributed by atoms with Crippen LogP contribution in [0.3, 0.4) is 0 Å². The maximum absolute atomic E-state index is 11.9. The largest absolute Gasteiger partial charge is 0.378 e. The van der Waals surface area contributed by atoms with E-state index in [9.17, 15) is 18.5 Å². The lowest BCUT2D eigenvalue weighted by Gasteiger charge is -2.45. The summed E-state index contributed by atoms with van der Waals surface area (Å²) in [5.41, 5.74) is 0.0324. The molecule has 1 saturated carbocycles. The van der Waals surface area contributed by atoms with Crippen LogP contribution in [0.2, 0.25) is 0 Å². The number of likely N-dealkylation sites (N-methyl/N-ethyl adjacent to an activating group) is 1. The fourth-order valence-corrected chi connectivity index (χ4v) is 4.46. The minimum atomic E-state index is -3.73. The number of hydrogen-bond acceptors (Lipinski definition) is 6. The summed E-state index contributed by atoms with van der Waals surface area (Å²) in [6.45, 7) is 2.81. The van der Waals surface area contributed by atoms with Gasteiger partial charge in [0.05, 0.1) is 9.82 Å². The van der Waals surface area contributed by atoms with Crippen molar-refractivity contribution in [1.29, 1.82) is 0 Å². The molecule has 2 unspecified atom stereocenters. The summed E-state index contributed by atoms with van der Waals surface area (Å²) in [7, 11) is 1.62. The van der Waals surface area contributed by atoms with E-state index in [0.717, 1.165) is 25.3 Å². The highest BCUT2D eigenvalue weighted by Crippen LogP contribution is 2.37. The number of benzene rings is 1. The van der Waals surface area contributed by atoms with Gasteiger partial charge in [-0.3, -0.25) is 10.1 Å². The molecule has 2 N–H and O–H groups in total. The van der Waals surface area contributed by atoms with Gasteiger partial charge in [-0.2, -0.15) is 0 Å². The summed E-state index contributed by atoms with van der Waals surface area (Å²) in [5.74, 6) is 0.603. The number of nitrogens with zero attached hydrogens (tertiary/aromatic N) is 2. The molecule has 2 rings (SSSR count). The van der Waals surface area contributed by atoms with E-state index in [4.69, 9.17) is 0 Å². The zero-order valence-corrected chi connectivity index (χ0v) is 16.6. The van der Waals surface area contributed by atoms with Crippen LogP contribution in [0.4, 0.5) is 11.4 Å². The van der Waals surface area contributed by atoms with E-state index in [-0.39, 0.29) is 16.1 Å². The van der Waals surface area contributed by atoms with E-state index in [0.29, 0.717) is 18.2 Å². The van der Waals surface area contributed by atoms with Crippen LogP contribution in [-0.4, -0.2) is 51.5 Å². The van der Waals surface area contributed by atoms with Crippen LogP contribution in [-0.2, 0) is 10.0 Å². The minimum absolute atomic E-state index is 0.0682. The molecule has 1 fully saturated rings. The second-order valence-corrected chi connectivity index (χ2v) is 9.20. The number of rotatable bonds is 7. The van der Waals surface area contributed by atoms with Crippen molar-refractivity contribution in [3.8, 4) is 0 Å². The lowest BCUT2D eigenvalue weighted by atomic mass is 9.75. The van der Waals surface area contributed by atoms with E-state index in [1.54, 1.807) is 0 Å². The second kappa shape index (κ2) is 7.89. The van der Waals surface area contributed by atoms with E-state index < -0.39 is 14.9 Å². The molecular formula is C17H28N4O4S. The van der Waals surface area contributed by atoms with Crippen molar-refractivity contribution >= 4 is 21.4 Å². The first-order valence-corrected chi connectivity index (χ1v) is 10.2. The molecule has 1 aliphatic rings. The van der Waals surface area contributed by atoms with Gasteiger partial charge in [0.25, 0.3) is 5.69 Å². The van der Waals surface area contributed by atoms with Crippen molar-refractivity contribution in [1.82, 2.24) is 9.62 Å². The molecule has 0 amide bonds. The molecule has 0 heterocycles. The lowest BCUT2D eigenvalue weighted by molar-refractivity contribution is -0.384. The molecule has 0 saturated heterocycles. The number of nitro groups is 1. The average Bonchev–Trinajstić information content (AvgIpc) is 2.59. The van der Waals surface area contributed by atoms with Crippen LogP contribution in [0, 0.1) is 16.0 Å². The van der Waals surface area contributed by atoms with Gasteiger partial charge in [0, 0.05) is 18.2 Å². The lowest BCUT2D eigenvalue weighted by Crippen LogP contribution is -2.52. The Balaban J connectivity index is 2.29. The van der Waals surface area contributed by atoms with Crippen molar-refractivity contribution in [2.45, 2.75) is 43.0 Å². The third-order valence-corrected chi connectivity index (χ3v) is 6.78. The molecule has 146 valence electrons. The SMILES string of the molecule is CNS(=O)(=O)c1ccc(NCC2(N(C)C)CCCC(C)C2)c([N+](=O)[O-])c1. The molecule has 26 heavy (non-hydrogen) atoms. The first kappa shape index (κ1) is 20.6. The maximum Gasteiger partial charge on any atom is 0.293 e. The molecule has 1 aromatic carbocycles. The summed E-state index contributed by atoms with van der Waals surface area (Å²) in [5, 5.41) is 14.7. The van der Waals surface area contributed by atoms with Crippen molar-refractivity contribution in [2.24, 2.45) is 5.92 Å². The summed E-state index contributed by atoms with van der Waals surface area (Å²) in [4.78, 5) is 13.0. The third-order valence-electron chi connectivity index (χ3n) is 5.37. The van der Waals surface area contributed by atoms with E-state index in [2.05, 4.69) is 21.9 Å². The number of nitrogens with one attached hydrogen (secondary N) is 2. The Labute approximate surface area is 155 Å². The standard InChI is InChI=1S/C17H28N4O4S/c1-13-6-5-9-17(11-13,20(3)4)12-19-15-8-7-14(26(24,25)18-2)10-16(15)21(22)23/h7-8,10,13,18-19H,5-6,9,11-12H2,1-4H3. The van der Waals surface area contributed by atoms with Crippen LogP contribution in [0.15, 0.2) is 23.1 Å². The van der Waals surface area contributed by atoms with Crippen LogP contribution >= 0.6 is 0 Å². The third kappa shape index (κ3) is 4.33. The van der Waals surface area contributed by atoms with Gasteiger partial charge in [-0.25, -0.2) is 13.1 Å². The van der Waals surface area contributed by atoms with Crippen molar-refractivity contribution in [3.63, 3.8) is 0 Å². The van der Waals surface area contributed by atoms with Gasteiger partial charge in [0.2, 0.25) is 10.0 Å². The van der Waals surface area contributed by atoms with Crippen LogP contribution in [0.25, 0.3) is 0 Å². The Kier molecular flexibility index (Phi) is 6.25. The van der Waals surface area contributed by atoms with Crippen LogP contribution in [0.1, 0.15) is 32.6 Å². The molecule has 0 aromatic heterocycles. The van der Waals surface area contributed by atoms with E-state index in [1.807, 2.05) is 14.1 Å². The Hall–Kier alpha value is -1.71. The minimum Gasteiger partial charge on any atom is -0.378 e. The molecule has 1 aliphatic carbocycles. The highest BCUT2D eigenvalue weighted by Gasteiger charge is 2.37. The zero-order valence-electron chi connectivity index (χ0n) is 15.8. The molecule has 1 aromatic rings. The monoisotopic (exact) mass is 384 g/mol. The smallest absolute Gasteiger partial charge is 0.293 e. The van der Waals surface area contributed by atoms with Gasteiger partial charge >= 0.3 is 0 Å². The number of nitro benzene ring substituents is 1. The summed E-state index contributed by atoms with van der Waals surface area (Å²) < 4.78 is 26.0. The predicted molar refractivity (Wildman–Crippen MR) is 102 cm³/mol. The van der Waals surface area contributed by atoms with Crippen molar-refractivity contribution < 1.29 is 13.3 Å². The molecule has 8 nitrogen and oxygen atoms in total. The number of hydrogen-bond donors (Lipinski definition) is 2. The Morgan fingerprint density at radius 1 is 1.38 bits per heavy atom. The highest BCUT2D eigenvalue weighted by molar-refractivity contribution is 7.89. The van der Waals surface area contributed by atoms with Gasteiger partial charge in [0.15, 0.2) is 0 Å². The maximum atomic E-state index is 11.9. The van der Waals surface area contributed by atoms with Crippen LogP contribution < -0.4 is 10.0 Å². The number of anilines is 1.